The highest BCUT2D eigenvalue weighted by molar-refractivity contribution is 6.43. The molecule has 2 amide bonds. The van der Waals surface area contributed by atoms with Crippen LogP contribution in [0.4, 0.5) is 10.5 Å². The van der Waals surface area contributed by atoms with Crippen LogP contribution in [-0.4, -0.2) is 47.8 Å². The Kier molecular flexibility index (Phi) is 13.0. The van der Waals surface area contributed by atoms with Crippen LogP contribution in [0.25, 0.3) is 0 Å². The molecule has 0 saturated heterocycles. The number of amides is 2. The van der Waals surface area contributed by atoms with E-state index >= 15 is 0 Å². The van der Waals surface area contributed by atoms with Crippen molar-refractivity contribution in [2.45, 2.75) is 64.9 Å². The zero-order chi connectivity index (χ0) is 25.6. The van der Waals surface area contributed by atoms with E-state index in [4.69, 9.17) is 27.9 Å². The number of nitrogens with zero attached hydrogens (tertiary/aromatic N) is 1. The average Bonchev–Trinajstić information content (AvgIpc) is 2.84. The zero-order valence-corrected chi connectivity index (χ0v) is 22.1. The first-order valence-electron chi connectivity index (χ1n) is 12.3. The van der Waals surface area contributed by atoms with Crippen LogP contribution < -0.4 is 5.32 Å². The van der Waals surface area contributed by atoms with Crippen molar-refractivity contribution in [2.24, 2.45) is 0 Å². The van der Waals surface area contributed by atoms with E-state index in [1.165, 1.54) is 12.8 Å². The topological polar surface area (TPSA) is 78.9 Å². The number of carboxylic acids is 1. The van der Waals surface area contributed by atoms with Crippen LogP contribution in [0.3, 0.4) is 0 Å². The number of benzene rings is 2. The first kappa shape index (κ1) is 29.0. The summed E-state index contributed by atoms with van der Waals surface area (Å²) in [5.41, 5.74) is 2.46. The van der Waals surface area contributed by atoms with Gasteiger partial charge in [0.1, 0.15) is 0 Å². The summed E-state index contributed by atoms with van der Waals surface area (Å²) in [4.78, 5) is 26.2. The Labute approximate surface area is 218 Å². The Hall–Kier alpha value is -2.28. The quantitative estimate of drug-likeness (QED) is 0.245. The number of carbonyl (C=O) groups is 2. The lowest BCUT2D eigenvalue weighted by Gasteiger charge is -2.24. The summed E-state index contributed by atoms with van der Waals surface area (Å²) >= 11 is 12.3. The molecule has 6 nitrogen and oxygen atoms in total. The second-order valence-electron chi connectivity index (χ2n) is 8.49. The standard InChI is InChI=1S/C27H36Cl2N2O4/c1-3-5-6-7-8-17-31(27(34)30-23-11-9-10-22(28)25(23)29)18-16-20-12-14-21(15-13-20)19-24(26(32)33)35-4-2/h9-15,24H,3-8,16-19H2,1-2H3,(H,30,34)(H,32,33). The van der Waals surface area contributed by atoms with Gasteiger partial charge in [-0.2, -0.15) is 0 Å². The van der Waals surface area contributed by atoms with E-state index in [-0.39, 0.29) is 6.03 Å². The molecule has 0 aliphatic rings. The SMILES string of the molecule is CCCCCCCN(CCc1ccc(CC(OCC)C(=O)O)cc1)C(=O)Nc1cccc(Cl)c1Cl. The third-order valence-electron chi connectivity index (χ3n) is 5.77. The number of carbonyl (C=O) groups excluding carboxylic acids is 1. The fourth-order valence-electron chi connectivity index (χ4n) is 3.75. The molecular weight excluding hydrogens is 487 g/mol. The summed E-state index contributed by atoms with van der Waals surface area (Å²) in [6.07, 6.45) is 5.69. The molecule has 0 heterocycles. The minimum Gasteiger partial charge on any atom is -0.479 e. The van der Waals surface area contributed by atoms with Crippen molar-refractivity contribution >= 4 is 40.9 Å². The van der Waals surface area contributed by atoms with Gasteiger partial charge in [0.2, 0.25) is 0 Å². The van der Waals surface area contributed by atoms with Crippen molar-refractivity contribution in [2.75, 3.05) is 25.0 Å². The summed E-state index contributed by atoms with van der Waals surface area (Å²) in [5, 5.41) is 12.9. The number of rotatable bonds is 15. The van der Waals surface area contributed by atoms with Gasteiger partial charge in [0.15, 0.2) is 6.10 Å². The maximum atomic E-state index is 13.1. The first-order chi connectivity index (χ1) is 16.8. The molecule has 0 radical (unpaired) electrons. The van der Waals surface area contributed by atoms with Crippen LogP contribution in [0, 0.1) is 0 Å². The van der Waals surface area contributed by atoms with Crippen LogP contribution in [0.2, 0.25) is 10.0 Å². The van der Waals surface area contributed by atoms with Gasteiger partial charge in [0.05, 0.1) is 15.7 Å². The molecule has 0 spiro atoms. The van der Waals surface area contributed by atoms with Gasteiger partial charge < -0.3 is 20.1 Å². The Morgan fingerprint density at radius 1 is 0.971 bits per heavy atom. The number of urea groups is 1. The molecule has 8 heteroatoms. The summed E-state index contributed by atoms with van der Waals surface area (Å²) in [6.45, 7) is 5.52. The fraction of sp³-hybridized carbons (Fsp3) is 0.481. The normalized spacial score (nSPS) is 11.8. The van der Waals surface area contributed by atoms with E-state index in [0.717, 1.165) is 30.4 Å². The average molecular weight is 524 g/mol. The third-order valence-corrected chi connectivity index (χ3v) is 6.59. The van der Waals surface area contributed by atoms with Gasteiger partial charge in [0, 0.05) is 26.1 Å². The maximum Gasteiger partial charge on any atom is 0.333 e. The molecule has 0 aliphatic carbocycles. The molecule has 0 aliphatic heterocycles. The Bertz CT molecular complexity index is 937. The molecule has 2 aromatic rings. The largest absolute Gasteiger partial charge is 0.479 e. The molecule has 0 bridgehead atoms. The highest BCUT2D eigenvalue weighted by Gasteiger charge is 2.18. The van der Waals surface area contributed by atoms with Gasteiger partial charge in [-0.1, -0.05) is 86.1 Å². The lowest BCUT2D eigenvalue weighted by molar-refractivity contribution is -0.149. The Balaban J connectivity index is 2.00. The summed E-state index contributed by atoms with van der Waals surface area (Å²) in [7, 11) is 0. The number of anilines is 1. The van der Waals surface area contributed by atoms with Gasteiger partial charge in [-0.05, 0) is 43.0 Å². The molecule has 1 atom stereocenters. The monoisotopic (exact) mass is 522 g/mol. The molecule has 1 unspecified atom stereocenters. The molecule has 0 saturated carbocycles. The molecule has 2 aromatic carbocycles. The minimum absolute atomic E-state index is 0.206. The molecule has 192 valence electrons. The van der Waals surface area contributed by atoms with Crippen molar-refractivity contribution in [3.05, 3.63) is 63.6 Å². The lowest BCUT2D eigenvalue weighted by Crippen LogP contribution is -2.37. The van der Waals surface area contributed by atoms with Crippen molar-refractivity contribution < 1.29 is 19.4 Å². The molecule has 0 fully saturated rings. The van der Waals surface area contributed by atoms with E-state index in [1.807, 2.05) is 29.2 Å². The highest BCUT2D eigenvalue weighted by Crippen LogP contribution is 2.29. The van der Waals surface area contributed by atoms with E-state index in [1.54, 1.807) is 25.1 Å². The number of ether oxygens (including phenoxy) is 1. The van der Waals surface area contributed by atoms with Gasteiger partial charge >= 0.3 is 12.0 Å². The molecule has 2 rings (SSSR count). The third kappa shape index (κ3) is 10.1. The number of nitrogens with one attached hydrogen (secondary N) is 1. The number of hydrogen-bond acceptors (Lipinski definition) is 3. The van der Waals surface area contributed by atoms with Gasteiger partial charge in [-0.25, -0.2) is 9.59 Å². The number of carboxylic acid groups (broad SMARTS) is 1. The Morgan fingerprint density at radius 3 is 2.31 bits per heavy atom. The summed E-state index contributed by atoms with van der Waals surface area (Å²) < 4.78 is 5.30. The molecule has 35 heavy (non-hydrogen) atoms. The van der Waals surface area contributed by atoms with E-state index in [0.29, 0.717) is 48.3 Å². The number of aliphatic carboxylic acids is 1. The van der Waals surface area contributed by atoms with Gasteiger partial charge in [0.25, 0.3) is 0 Å². The second kappa shape index (κ2) is 15.7. The predicted molar refractivity (Wildman–Crippen MR) is 143 cm³/mol. The lowest BCUT2D eigenvalue weighted by atomic mass is 10.0. The highest BCUT2D eigenvalue weighted by atomic mass is 35.5. The number of unbranched alkanes of at least 4 members (excludes halogenated alkanes) is 4. The maximum absolute atomic E-state index is 13.1. The smallest absolute Gasteiger partial charge is 0.333 e. The van der Waals surface area contributed by atoms with Crippen LogP contribution in [-0.2, 0) is 22.4 Å². The second-order valence-corrected chi connectivity index (χ2v) is 9.27. The summed E-state index contributed by atoms with van der Waals surface area (Å²) in [6, 6.07) is 12.8. The van der Waals surface area contributed by atoms with Crippen LogP contribution in [0.1, 0.15) is 57.1 Å². The van der Waals surface area contributed by atoms with E-state index in [2.05, 4.69) is 12.2 Å². The van der Waals surface area contributed by atoms with Crippen molar-refractivity contribution in [3.63, 3.8) is 0 Å². The number of hydrogen-bond donors (Lipinski definition) is 2. The van der Waals surface area contributed by atoms with Crippen LogP contribution in [0.5, 0.6) is 0 Å². The predicted octanol–water partition coefficient (Wildman–Crippen LogP) is 7.07. The molecular formula is C27H36Cl2N2O4. The van der Waals surface area contributed by atoms with Crippen LogP contribution >= 0.6 is 23.2 Å². The molecule has 0 aromatic heterocycles. The van der Waals surface area contributed by atoms with Crippen molar-refractivity contribution in [1.82, 2.24) is 4.90 Å². The van der Waals surface area contributed by atoms with Gasteiger partial charge in [-0.3, -0.25) is 0 Å². The first-order valence-corrected chi connectivity index (χ1v) is 13.0. The summed E-state index contributed by atoms with van der Waals surface area (Å²) in [5.74, 6) is -0.962. The van der Waals surface area contributed by atoms with Gasteiger partial charge in [-0.15, -0.1) is 0 Å². The molecule has 2 N–H and O–H groups in total. The Morgan fingerprint density at radius 2 is 1.66 bits per heavy atom. The fourth-order valence-corrected chi connectivity index (χ4v) is 4.10. The van der Waals surface area contributed by atoms with E-state index in [9.17, 15) is 14.7 Å². The van der Waals surface area contributed by atoms with Crippen LogP contribution in [0.15, 0.2) is 42.5 Å². The van der Waals surface area contributed by atoms with Crippen molar-refractivity contribution in [1.29, 1.82) is 0 Å². The van der Waals surface area contributed by atoms with E-state index < -0.39 is 12.1 Å². The number of halogens is 2. The zero-order valence-electron chi connectivity index (χ0n) is 20.6. The minimum atomic E-state index is -0.962. The van der Waals surface area contributed by atoms with Crippen molar-refractivity contribution in [3.8, 4) is 0 Å².